The number of halogens is 1. The van der Waals surface area contributed by atoms with Crippen LogP contribution in [0, 0.1) is 12.7 Å². The van der Waals surface area contributed by atoms with Crippen LogP contribution in [0.15, 0.2) is 36.4 Å². The third-order valence-corrected chi connectivity index (χ3v) is 3.10. The summed E-state index contributed by atoms with van der Waals surface area (Å²) in [5.74, 6) is 0.503. The highest BCUT2D eigenvalue weighted by Gasteiger charge is 2.08. The molecule has 0 spiro atoms. The van der Waals surface area contributed by atoms with Crippen LogP contribution >= 0.6 is 0 Å². The van der Waals surface area contributed by atoms with Crippen molar-refractivity contribution < 1.29 is 9.13 Å². The second-order valence-corrected chi connectivity index (χ2v) is 4.27. The van der Waals surface area contributed by atoms with Crippen LogP contribution in [0.3, 0.4) is 0 Å². The minimum absolute atomic E-state index is 0.196. The van der Waals surface area contributed by atoms with Crippen molar-refractivity contribution >= 4 is 5.69 Å². The van der Waals surface area contributed by atoms with Gasteiger partial charge in [-0.05, 0) is 35.7 Å². The minimum atomic E-state index is -0.196. The highest BCUT2D eigenvalue weighted by molar-refractivity contribution is 5.56. The molecule has 2 aromatic carbocycles. The molecule has 94 valence electrons. The van der Waals surface area contributed by atoms with Gasteiger partial charge in [0.05, 0.1) is 7.11 Å². The standard InChI is InChI=1S/C15H16FNO/c1-10-12(8-13(18-2)9-15(10)17)7-11-5-3-4-6-14(11)16/h3-6,8-9H,7,17H2,1-2H3. The summed E-state index contributed by atoms with van der Waals surface area (Å²) in [5, 5.41) is 0. The summed E-state index contributed by atoms with van der Waals surface area (Å²) in [6, 6.07) is 10.4. The van der Waals surface area contributed by atoms with Crippen molar-refractivity contribution in [3.63, 3.8) is 0 Å². The monoisotopic (exact) mass is 245 g/mol. The maximum absolute atomic E-state index is 13.6. The summed E-state index contributed by atoms with van der Waals surface area (Å²) in [4.78, 5) is 0. The Morgan fingerprint density at radius 1 is 1.17 bits per heavy atom. The molecule has 2 N–H and O–H groups in total. The van der Waals surface area contributed by atoms with E-state index in [0.717, 1.165) is 11.1 Å². The Labute approximate surface area is 106 Å². The van der Waals surface area contributed by atoms with Gasteiger partial charge in [0.25, 0.3) is 0 Å². The summed E-state index contributed by atoms with van der Waals surface area (Å²) in [6.45, 7) is 1.94. The number of nitrogens with two attached hydrogens (primary N) is 1. The first kappa shape index (κ1) is 12.4. The van der Waals surface area contributed by atoms with Crippen molar-refractivity contribution in [2.45, 2.75) is 13.3 Å². The number of benzene rings is 2. The van der Waals surface area contributed by atoms with Crippen LogP contribution in [0.25, 0.3) is 0 Å². The molecule has 0 fully saturated rings. The van der Waals surface area contributed by atoms with Gasteiger partial charge in [-0.2, -0.15) is 0 Å². The fourth-order valence-electron chi connectivity index (χ4n) is 1.92. The number of nitrogen functional groups attached to an aromatic ring is 1. The molecular formula is C15H16FNO. The van der Waals surface area contributed by atoms with Gasteiger partial charge in [0.15, 0.2) is 0 Å². The van der Waals surface area contributed by atoms with Crippen LogP contribution in [-0.2, 0) is 6.42 Å². The number of methoxy groups -OCH3 is 1. The average Bonchev–Trinajstić information content (AvgIpc) is 2.37. The van der Waals surface area contributed by atoms with Gasteiger partial charge in [0.1, 0.15) is 11.6 Å². The summed E-state index contributed by atoms with van der Waals surface area (Å²) in [6.07, 6.45) is 0.514. The van der Waals surface area contributed by atoms with Crippen LogP contribution < -0.4 is 10.5 Å². The molecule has 2 nitrogen and oxygen atoms in total. The molecule has 2 rings (SSSR count). The molecule has 0 radical (unpaired) electrons. The number of hydrogen-bond donors (Lipinski definition) is 1. The van der Waals surface area contributed by atoms with E-state index in [9.17, 15) is 4.39 Å². The fourth-order valence-corrected chi connectivity index (χ4v) is 1.92. The summed E-state index contributed by atoms with van der Waals surface area (Å²) >= 11 is 0. The Bertz CT molecular complexity index is 566. The highest BCUT2D eigenvalue weighted by atomic mass is 19.1. The molecule has 0 amide bonds. The molecule has 0 atom stereocenters. The van der Waals surface area contributed by atoms with Gasteiger partial charge < -0.3 is 10.5 Å². The zero-order valence-electron chi connectivity index (χ0n) is 10.5. The van der Waals surface area contributed by atoms with Crippen LogP contribution in [0.4, 0.5) is 10.1 Å². The van der Waals surface area contributed by atoms with Crippen molar-refractivity contribution in [2.75, 3.05) is 12.8 Å². The van der Waals surface area contributed by atoms with Gasteiger partial charge in [-0.15, -0.1) is 0 Å². The van der Waals surface area contributed by atoms with Crippen LogP contribution in [-0.4, -0.2) is 7.11 Å². The maximum atomic E-state index is 13.6. The van der Waals surface area contributed by atoms with Gasteiger partial charge >= 0.3 is 0 Å². The smallest absolute Gasteiger partial charge is 0.126 e. The van der Waals surface area contributed by atoms with E-state index in [1.165, 1.54) is 6.07 Å². The topological polar surface area (TPSA) is 35.2 Å². The molecule has 0 aliphatic rings. The second-order valence-electron chi connectivity index (χ2n) is 4.27. The van der Waals surface area contributed by atoms with Crippen molar-refractivity contribution in [2.24, 2.45) is 0 Å². The molecule has 0 saturated carbocycles. The minimum Gasteiger partial charge on any atom is -0.497 e. The second kappa shape index (κ2) is 5.08. The lowest BCUT2D eigenvalue weighted by Gasteiger charge is -2.12. The Hall–Kier alpha value is -2.03. The molecule has 0 aliphatic heterocycles. The molecule has 3 heteroatoms. The zero-order chi connectivity index (χ0) is 13.1. The van der Waals surface area contributed by atoms with Crippen molar-refractivity contribution in [1.82, 2.24) is 0 Å². The zero-order valence-corrected chi connectivity index (χ0v) is 10.5. The molecule has 0 unspecified atom stereocenters. The van der Waals surface area contributed by atoms with E-state index in [4.69, 9.17) is 10.5 Å². The first-order valence-corrected chi connectivity index (χ1v) is 5.78. The SMILES string of the molecule is COc1cc(N)c(C)c(Cc2ccccc2F)c1. The Morgan fingerprint density at radius 2 is 1.89 bits per heavy atom. The van der Waals surface area contributed by atoms with Gasteiger partial charge in [-0.3, -0.25) is 0 Å². The molecular weight excluding hydrogens is 229 g/mol. The number of ether oxygens (including phenoxy) is 1. The summed E-state index contributed by atoms with van der Waals surface area (Å²) in [7, 11) is 1.59. The molecule has 0 heterocycles. The van der Waals surface area contributed by atoms with E-state index in [1.807, 2.05) is 19.1 Å². The summed E-state index contributed by atoms with van der Waals surface area (Å²) in [5.41, 5.74) is 9.20. The van der Waals surface area contributed by atoms with Gasteiger partial charge in [0, 0.05) is 18.2 Å². The molecule has 0 aliphatic carbocycles. The van der Waals surface area contributed by atoms with Crippen molar-refractivity contribution in [1.29, 1.82) is 0 Å². The first-order valence-electron chi connectivity index (χ1n) is 5.78. The lowest BCUT2D eigenvalue weighted by atomic mass is 9.98. The van der Waals surface area contributed by atoms with E-state index < -0.39 is 0 Å². The molecule has 0 bridgehead atoms. The Morgan fingerprint density at radius 3 is 2.56 bits per heavy atom. The molecule has 2 aromatic rings. The van der Waals surface area contributed by atoms with E-state index in [2.05, 4.69) is 0 Å². The van der Waals surface area contributed by atoms with Crippen molar-refractivity contribution in [3.8, 4) is 5.75 Å². The first-order chi connectivity index (χ1) is 8.61. The normalized spacial score (nSPS) is 10.4. The lowest BCUT2D eigenvalue weighted by Crippen LogP contribution is -2.00. The maximum Gasteiger partial charge on any atom is 0.126 e. The fraction of sp³-hybridized carbons (Fsp3) is 0.200. The average molecular weight is 245 g/mol. The number of rotatable bonds is 3. The van der Waals surface area contributed by atoms with Crippen LogP contribution in [0.2, 0.25) is 0 Å². The van der Waals surface area contributed by atoms with E-state index in [0.29, 0.717) is 23.4 Å². The van der Waals surface area contributed by atoms with Gasteiger partial charge in [-0.1, -0.05) is 18.2 Å². The van der Waals surface area contributed by atoms with E-state index >= 15 is 0 Å². The highest BCUT2D eigenvalue weighted by Crippen LogP contribution is 2.26. The Balaban J connectivity index is 2.40. The lowest BCUT2D eigenvalue weighted by molar-refractivity contribution is 0.414. The Kier molecular flexibility index (Phi) is 3.51. The number of anilines is 1. The van der Waals surface area contributed by atoms with Gasteiger partial charge in [0.2, 0.25) is 0 Å². The van der Waals surface area contributed by atoms with Gasteiger partial charge in [-0.25, -0.2) is 4.39 Å². The van der Waals surface area contributed by atoms with E-state index in [1.54, 1.807) is 25.3 Å². The largest absolute Gasteiger partial charge is 0.497 e. The van der Waals surface area contributed by atoms with Crippen LogP contribution in [0.1, 0.15) is 16.7 Å². The third kappa shape index (κ3) is 2.45. The third-order valence-electron chi connectivity index (χ3n) is 3.10. The van der Waals surface area contributed by atoms with Crippen molar-refractivity contribution in [3.05, 3.63) is 58.9 Å². The predicted octanol–water partition coefficient (Wildman–Crippen LogP) is 3.32. The van der Waals surface area contributed by atoms with E-state index in [-0.39, 0.29) is 5.82 Å². The molecule has 0 saturated heterocycles. The summed E-state index contributed by atoms with van der Waals surface area (Å²) < 4.78 is 18.8. The van der Waals surface area contributed by atoms with Crippen LogP contribution in [0.5, 0.6) is 5.75 Å². The quantitative estimate of drug-likeness (QED) is 0.842. The number of hydrogen-bond acceptors (Lipinski definition) is 2. The molecule has 18 heavy (non-hydrogen) atoms. The molecule has 0 aromatic heterocycles. The predicted molar refractivity (Wildman–Crippen MR) is 71.3 cm³/mol.